The molecule has 1 fully saturated rings. The van der Waals surface area contributed by atoms with Gasteiger partial charge in [0.05, 0.1) is 0 Å². The Hall–Kier alpha value is -0.170. The predicted molar refractivity (Wildman–Crippen MR) is 74.4 cm³/mol. The molecule has 0 saturated carbocycles. The van der Waals surface area contributed by atoms with E-state index in [1.54, 1.807) is 8.61 Å². The zero-order chi connectivity index (χ0) is 13.6. The van der Waals surface area contributed by atoms with Crippen molar-refractivity contribution in [1.29, 1.82) is 0 Å². The summed E-state index contributed by atoms with van der Waals surface area (Å²) < 4.78 is 28.1. The van der Waals surface area contributed by atoms with Gasteiger partial charge in [0, 0.05) is 26.2 Å². The van der Waals surface area contributed by atoms with Crippen LogP contribution in [0, 0.1) is 5.92 Å². The van der Waals surface area contributed by atoms with Gasteiger partial charge in [0.15, 0.2) is 0 Å². The second-order valence-corrected chi connectivity index (χ2v) is 6.86. The molecule has 0 radical (unpaired) electrons. The maximum Gasteiger partial charge on any atom is 0.281 e. The van der Waals surface area contributed by atoms with Gasteiger partial charge >= 0.3 is 0 Å². The Labute approximate surface area is 112 Å². The van der Waals surface area contributed by atoms with Crippen molar-refractivity contribution < 1.29 is 8.42 Å². The van der Waals surface area contributed by atoms with Crippen LogP contribution in [0.25, 0.3) is 0 Å². The number of nitrogens with two attached hydrogens (primary N) is 1. The van der Waals surface area contributed by atoms with Crippen molar-refractivity contribution in [3.05, 3.63) is 0 Å². The Kier molecular flexibility index (Phi) is 6.55. The van der Waals surface area contributed by atoms with Crippen LogP contribution in [-0.2, 0) is 10.2 Å². The second kappa shape index (κ2) is 7.43. The molecule has 1 rings (SSSR count). The molecule has 0 aromatic carbocycles. The van der Waals surface area contributed by atoms with E-state index < -0.39 is 10.2 Å². The van der Waals surface area contributed by atoms with E-state index in [2.05, 4.69) is 6.92 Å². The average Bonchev–Trinajstić information content (AvgIpc) is 2.39. The highest BCUT2D eigenvalue weighted by atomic mass is 32.2. The molecule has 6 heteroatoms. The van der Waals surface area contributed by atoms with Crippen LogP contribution in [0.1, 0.15) is 39.5 Å². The van der Waals surface area contributed by atoms with E-state index in [-0.39, 0.29) is 0 Å². The first-order chi connectivity index (χ1) is 8.56. The van der Waals surface area contributed by atoms with Crippen molar-refractivity contribution >= 4 is 10.2 Å². The van der Waals surface area contributed by atoms with Gasteiger partial charge in [-0.15, -0.1) is 0 Å². The van der Waals surface area contributed by atoms with Crippen LogP contribution in [0.15, 0.2) is 0 Å². The third-order valence-electron chi connectivity index (χ3n) is 3.67. The minimum atomic E-state index is -3.25. The van der Waals surface area contributed by atoms with Gasteiger partial charge < -0.3 is 5.73 Å². The van der Waals surface area contributed by atoms with Gasteiger partial charge in [-0.3, -0.25) is 0 Å². The molecule has 1 saturated heterocycles. The van der Waals surface area contributed by atoms with Crippen molar-refractivity contribution in [2.45, 2.75) is 39.5 Å². The summed E-state index contributed by atoms with van der Waals surface area (Å²) in [6.45, 7) is 7.07. The molecule has 0 aliphatic carbocycles. The number of hydrogen-bond donors (Lipinski definition) is 1. The SMILES string of the molecule is CCCCN(CC)S(=O)(=O)N1CCC(CN)CC1. The largest absolute Gasteiger partial charge is 0.330 e. The zero-order valence-electron chi connectivity index (χ0n) is 11.6. The first-order valence-corrected chi connectivity index (χ1v) is 8.41. The Bertz CT molecular complexity index is 324. The molecule has 0 atom stereocenters. The molecule has 18 heavy (non-hydrogen) atoms. The first-order valence-electron chi connectivity index (χ1n) is 7.01. The fourth-order valence-electron chi connectivity index (χ4n) is 2.31. The Balaban J connectivity index is 2.62. The molecule has 0 amide bonds. The van der Waals surface area contributed by atoms with Crippen LogP contribution in [0.3, 0.4) is 0 Å². The maximum absolute atomic E-state index is 12.4. The Morgan fingerprint density at radius 1 is 1.28 bits per heavy atom. The van der Waals surface area contributed by atoms with Gasteiger partial charge in [0.25, 0.3) is 10.2 Å². The van der Waals surface area contributed by atoms with Gasteiger partial charge in [-0.25, -0.2) is 0 Å². The monoisotopic (exact) mass is 277 g/mol. The highest BCUT2D eigenvalue weighted by molar-refractivity contribution is 7.86. The summed E-state index contributed by atoms with van der Waals surface area (Å²) in [5, 5.41) is 0. The van der Waals surface area contributed by atoms with Crippen LogP contribution >= 0.6 is 0 Å². The number of hydrogen-bond acceptors (Lipinski definition) is 3. The summed E-state index contributed by atoms with van der Waals surface area (Å²) in [6, 6.07) is 0. The second-order valence-electron chi connectivity index (χ2n) is 4.93. The van der Waals surface area contributed by atoms with Crippen molar-refractivity contribution in [2.24, 2.45) is 11.7 Å². The lowest BCUT2D eigenvalue weighted by atomic mass is 9.99. The van der Waals surface area contributed by atoms with E-state index in [1.807, 2.05) is 6.92 Å². The lowest BCUT2D eigenvalue weighted by Crippen LogP contribution is -2.48. The third-order valence-corrected chi connectivity index (χ3v) is 5.78. The van der Waals surface area contributed by atoms with Crippen LogP contribution in [0.2, 0.25) is 0 Å². The zero-order valence-corrected chi connectivity index (χ0v) is 12.5. The van der Waals surface area contributed by atoms with E-state index in [4.69, 9.17) is 5.73 Å². The molecule has 0 spiro atoms. The van der Waals surface area contributed by atoms with Crippen molar-refractivity contribution in [1.82, 2.24) is 8.61 Å². The molecular formula is C12H27N3O2S. The molecule has 108 valence electrons. The molecule has 0 bridgehead atoms. The summed E-state index contributed by atoms with van der Waals surface area (Å²) in [5.74, 6) is 0.488. The van der Waals surface area contributed by atoms with E-state index in [0.29, 0.717) is 38.6 Å². The highest BCUT2D eigenvalue weighted by Crippen LogP contribution is 2.20. The Morgan fingerprint density at radius 3 is 2.33 bits per heavy atom. The minimum absolute atomic E-state index is 0.488. The number of piperidine rings is 1. The molecule has 1 aliphatic rings. The normalized spacial score (nSPS) is 19.6. The summed E-state index contributed by atoms with van der Waals surface area (Å²) in [5.41, 5.74) is 5.63. The highest BCUT2D eigenvalue weighted by Gasteiger charge is 2.31. The van der Waals surface area contributed by atoms with Crippen LogP contribution < -0.4 is 5.73 Å². The molecule has 2 N–H and O–H groups in total. The molecule has 0 unspecified atom stereocenters. The lowest BCUT2D eigenvalue weighted by Gasteiger charge is -2.34. The quantitative estimate of drug-likeness (QED) is 0.755. The van der Waals surface area contributed by atoms with E-state index in [9.17, 15) is 8.42 Å². The molecule has 0 aromatic heterocycles. The van der Waals surface area contributed by atoms with Gasteiger partial charge in [-0.1, -0.05) is 20.3 Å². The van der Waals surface area contributed by atoms with Gasteiger partial charge in [0.1, 0.15) is 0 Å². The topological polar surface area (TPSA) is 66.6 Å². The predicted octanol–water partition coefficient (Wildman–Crippen LogP) is 1.02. The number of unbranched alkanes of at least 4 members (excludes halogenated alkanes) is 1. The van der Waals surface area contributed by atoms with Gasteiger partial charge in [-0.2, -0.15) is 17.0 Å². The smallest absolute Gasteiger partial charge is 0.281 e. The van der Waals surface area contributed by atoms with Crippen molar-refractivity contribution in [3.8, 4) is 0 Å². The van der Waals surface area contributed by atoms with Gasteiger partial charge in [-0.05, 0) is 31.7 Å². The minimum Gasteiger partial charge on any atom is -0.330 e. The molecule has 0 aromatic rings. The first kappa shape index (κ1) is 15.9. The summed E-state index contributed by atoms with van der Waals surface area (Å²) in [6.07, 6.45) is 3.72. The summed E-state index contributed by atoms with van der Waals surface area (Å²) in [7, 11) is -3.25. The number of rotatable bonds is 7. The van der Waals surface area contributed by atoms with Crippen LogP contribution in [-0.4, -0.2) is 49.8 Å². The van der Waals surface area contributed by atoms with Gasteiger partial charge in [0.2, 0.25) is 0 Å². The maximum atomic E-state index is 12.4. The van der Waals surface area contributed by atoms with E-state index in [1.165, 1.54) is 0 Å². The van der Waals surface area contributed by atoms with Crippen LogP contribution in [0.5, 0.6) is 0 Å². The lowest BCUT2D eigenvalue weighted by molar-refractivity contribution is 0.258. The van der Waals surface area contributed by atoms with E-state index in [0.717, 1.165) is 25.7 Å². The fourth-order valence-corrected chi connectivity index (χ4v) is 4.00. The number of nitrogens with zero attached hydrogens (tertiary/aromatic N) is 2. The fraction of sp³-hybridized carbons (Fsp3) is 1.00. The van der Waals surface area contributed by atoms with Crippen molar-refractivity contribution in [3.63, 3.8) is 0 Å². The summed E-state index contributed by atoms with van der Waals surface area (Å²) in [4.78, 5) is 0. The average molecular weight is 277 g/mol. The molecule has 1 heterocycles. The summed E-state index contributed by atoms with van der Waals surface area (Å²) >= 11 is 0. The van der Waals surface area contributed by atoms with Crippen LogP contribution in [0.4, 0.5) is 0 Å². The Morgan fingerprint density at radius 2 is 1.89 bits per heavy atom. The molecule has 5 nitrogen and oxygen atoms in total. The standard InChI is InChI=1S/C12H27N3O2S/c1-3-5-8-14(4-2)18(16,17)15-9-6-12(11-13)7-10-15/h12H,3-11,13H2,1-2H3. The molecule has 1 aliphatic heterocycles. The molecular weight excluding hydrogens is 250 g/mol. The van der Waals surface area contributed by atoms with E-state index >= 15 is 0 Å². The third kappa shape index (κ3) is 3.91. The van der Waals surface area contributed by atoms with Crippen molar-refractivity contribution in [2.75, 3.05) is 32.7 Å².